The summed E-state index contributed by atoms with van der Waals surface area (Å²) in [5.74, 6) is 6.15. The van der Waals surface area contributed by atoms with E-state index in [0.717, 1.165) is 4.88 Å². The fraction of sp³-hybridized carbons (Fsp3) is 0.308. The highest BCUT2D eigenvalue weighted by Gasteiger charge is 1.95. The molecule has 0 bridgehead atoms. The molecule has 1 aromatic rings. The Balaban J connectivity index is 2.34. The molecule has 2 nitrogen and oxygen atoms in total. The second kappa shape index (κ2) is 6.86. The molecule has 0 aliphatic heterocycles. The molecule has 1 aromatic heterocycles. The monoisotopic (exact) mass is 233 g/mol. The molecule has 1 N–H and O–H groups in total. The van der Waals surface area contributed by atoms with E-state index in [1.54, 1.807) is 17.4 Å². The van der Waals surface area contributed by atoms with E-state index in [9.17, 15) is 4.79 Å². The Kier molecular flexibility index (Phi) is 5.38. The van der Waals surface area contributed by atoms with Crippen LogP contribution in [0.1, 0.15) is 18.7 Å². The highest BCUT2D eigenvalue weighted by Crippen LogP contribution is 2.05. The lowest BCUT2D eigenvalue weighted by Crippen LogP contribution is -2.25. The Morgan fingerprint density at radius 2 is 2.44 bits per heavy atom. The molecule has 16 heavy (non-hydrogen) atoms. The van der Waals surface area contributed by atoms with Crippen molar-refractivity contribution >= 4 is 17.2 Å². The lowest BCUT2D eigenvalue weighted by Gasteiger charge is -2.03. The average Bonchev–Trinajstić information content (AvgIpc) is 2.74. The van der Waals surface area contributed by atoms with Crippen LogP contribution < -0.4 is 5.32 Å². The number of nitrogens with one attached hydrogen (secondary N) is 1. The zero-order chi connectivity index (χ0) is 11.8. The summed E-state index contributed by atoms with van der Waals surface area (Å²) in [7, 11) is 0. The first-order valence-electron chi connectivity index (χ1n) is 5.18. The van der Waals surface area contributed by atoms with Gasteiger partial charge in [-0.05, 0) is 23.4 Å². The zero-order valence-electron chi connectivity index (χ0n) is 9.49. The van der Waals surface area contributed by atoms with Crippen molar-refractivity contribution in [3.05, 3.63) is 34.5 Å². The van der Waals surface area contributed by atoms with Crippen molar-refractivity contribution in [2.45, 2.75) is 13.8 Å². The molecule has 0 saturated heterocycles. The second-order valence-corrected chi connectivity index (χ2v) is 4.67. The number of allylic oxidation sites excluding steroid dienone is 1. The van der Waals surface area contributed by atoms with E-state index >= 15 is 0 Å². The zero-order valence-corrected chi connectivity index (χ0v) is 10.3. The van der Waals surface area contributed by atoms with Gasteiger partial charge in [0.15, 0.2) is 0 Å². The summed E-state index contributed by atoms with van der Waals surface area (Å²) >= 11 is 1.59. The predicted molar refractivity (Wildman–Crippen MR) is 68.2 cm³/mol. The Bertz CT molecular complexity index is 407. The first-order chi connectivity index (χ1) is 7.68. The number of carbonyl (C=O) groups is 1. The van der Waals surface area contributed by atoms with Crippen LogP contribution in [-0.2, 0) is 4.79 Å². The fourth-order valence-electron chi connectivity index (χ4n) is 0.943. The standard InChI is InChI=1S/C13H15NOS/c1-11(2)10-14-13(15)8-4-3-6-12-7-5-9-16-12/h4-5,7-9,11H,10H2,1-2H3,(H,14,15). The molecule has 84 valence electrons. The molecule has 0 spiro atoms. The summed E-state index contributed by atoms with van der Waals surface area (Å²) in [6.07, 6.45) is 3.04. The summed E-state index contributed by atoms with van der Waals surface area (Å²) in [5, 5.41) is 4.76. The SMILES string of the molecule is CC(C)CNC(=O)C=CC#Cc1cccs1. The molecule has 1 amide bonds. The summed E-state index contributed by atoms with van der Waals surface area (Å²) in [6.45, 7) is 4.81. The summed E-state index contributed by atoms with van der Waals surface area (Å²) in [6, 6.07) is 3.90. The van der Waals surface area contributed by atoms with Gasteiger partial charge in [0, 0.05) is 12.6 Å². The van der Waals surface area contributed by atoms with Crippen LogP contribution in [0.4, 0.5) is 0 Å². The van der Waals surface area contributed by atoms with Crippen LogP contribution in [-0.4, -0.2) is 12.5 Å². The molecule has 0 radical (unpaired) electrons. The lowest BCUT2D eigenvalue weighted by molar-refractivity contribution is -0.116. The van der Waals surface area contributed by atoms with Gasteiger partial charge in [-0.3, -0.25) is 4.79 Å². The topological polar surface area (TPSA) is 29.1 Å². The minimum atomic E-state index is -0.0887. The first-order valence-corrected chi connectivity index (χ1v) is 6.06. The van der Waals surface area contributed by atoms with Crippen LogP contribution in [0, 0.1) is 17.8 Å². The summed E-state index contributed by atoms with van der Waals surface area (Å²) < 4.78 is 0. The van der Waals surface area contributed by atoms with Gasteiger partial charge in [0.05, 0.1) is 4.88 Å². The molecular formula is C13H15NOS. The average molecular weight is 233 g/mol. The maximum Gasteiger partial charge on any atom is 0.244 e. The Labute approximate surface area is 100 Å². The Morgan fingerprint density at radius 1 is 1.62 bits per heavy atom. The predicted octanol–water partition coefficient (Wildman–Crippen LogP) is 2.43. The van der Waals surface area contributed by atoms with E-state index in [0.29, 0.717) is 12.5 Å². The van der Waals surface area contributed by atoms with Gasteiger partial charge in [0.2, 0.25) is 5.91 Å². The molecule has 0 fully saturated rings. The molecule has 0 aliphatic rings. The van der Waals surface area contributed by atoms with Crippen LogP contribution in [0.3, 0.4) is 0 Å². The third kappa shape index (κ3) is 5.38. The smallest absolute Gasteiger partial charge is 0.244 e. The third-order valence-electron chi connectivity index (χ3n) is 1.72. The van der Waals surface area contributed by atoms with E-state index in [4.69, 9.17) is 0 Å². The third-order valence-corrected chi connectivity index (χ3v) is 2.50. The van der Waals surface area contributed by atoms with Crippen molar-refractivity contribution in [2.75, 3.05) is 6.54 Å². The van der Waals surface area contributed by atoms with E-state index in [2.05, 4.69) is 31.0 Å². The molecule has 1 rings (SSSR count). The van der Waals surface area contributed by atoms with Crippen LogP contribution in [0.25, 0.3) is 0 Å². The molecular weight excluding hydrogens is 218 g/mol. The molecule has 3 heteroatoms. The van der Waals surface area contributed by atoms with Crippen molar-refractivity contribution in [1.29, 1.82) is 0 Å². The first kappa shape index (κ1) is 12.5. The molecule has 1 heterocycles. The van der Waals surface area contributed by atoms with Crippen LogP contribution in [0.15, 0.2) is 29.7 Å². The Hall–Kier alpha value is -1.53. The van der Waals surface area contributed by atoms with Gasteiger partial charge in [0.25, 0.3) is 0 Å². The largest absolute Gasteiger partial charge is 0.352 e. The highest BCUT2D eigenvalue weighted by molar-refractivity contribution is 7.10. The van der Waals surface area contributed by atoms with Crippen molar-refractivity contribution in [2.24, 2.45) is 5.92 Å². The lowest BCUT2D eigenvalue weighted by atomic mass is 10.2. The molecule has 0 aromatic carbocycles. The molecule has 0 aliphatic carbocycles. The van der Waals surface area contributed by atoms with Crippen LogP contribution >= 0.6 is 11.3 Å². The molecule has 0 saturated carbocycles. The number of carbonyl (C=O) groups excluding carboxylic acids is 1. The maximum atomic E-state index is 11.2. The van der Waals surface area contributed by atoms with E-state index in [1.165, 1.54) is 6.08 Å². The van der Waals surface area contributed by atoms with Crippen molar-refractivity contribution < 1.29 is 4.79 Å². The molecule has 0 atom stereocenters. The van der Waals surface area contributed by atoms with Crippen molar-refractivity contribution in [1.82, 2.24) is 5.32 Å². The number of thiophene rings is 1. The van der Waals surface area contributed by atoms with E-state index < -0.39 is 0 Å². The van der Waals surface area contributed by atoms with E-state index in [-0.39, 0.29) is 5.91 Å². The number of hydrogen-bond donors (Lipinski definition) is 1. The number of rotatable bonds is 3. The van der Waals surface area contributed by atoms with E-state index in [1.807, 2.05) is 17.5 Å². The van der Waals surface area contributed by atoms with Crippen LogP contribution in [0.2, 0.25) is 0 Å². The van der Waals surface area contributed by atoms with Gasteiger partial charge in [0.1, 0.15) is 0 Å². The van der Waals surface area contributed by atoms with Crippen molar-refractivity contribution in [3.63, 3.8) is 0 Å². The van der Waals surface area contributed by atoms with Crippen molar-refractivity contribution in [3.8, 4) is 11.8 Å². The normalized spacial score (nSPS) is 10.2. The quantitative estimate of drug-likeness (QED) is 0.630. The van der Waals surface area contributed by atoms with Gasteiger partial charge in [-0.25, -0.2) is 0 Å². The van der Waals surface area contributed by atoms with Gasteiger partial charge in [-0.15, -0.1) is 11.3 Å². The highest BCUT2D eigenvalue weighted by atomic mass is 32.1. The molecule has 0 unspecified atom stereocenters. The minimum absolute atomic E-state index is 0.0887. The second-order valence-electron chi connectivity index (χ2n) is 3.72. The Morgan fingerprint density at radius 3 is 3.06 bits per heavy atom. The van der Waals surface area contributed by atoms with Gasteiger partial charge < -0.3 is 5.32 Å². The van der Waals surface area contributed by atoms with Gasteiger partial charge in [-0.2, -0.15) is 0 Å². The maximum absolute atomic E-state index is 11.2. The van der Waals surface area contributed by atoms with Gasteiger partial charge in [-0.1, -0.05) is 31.8 Å². The fourth-order valence-corrected chi connectivity index (χ4v) is 1.52. The van der Waals surface area contributed by atoms with Crippen LogP contribution in [0.5, 0.6) is 0 Å². The minimum Gasteiger partial charge on any atom is -0.352 e. The summed E-state index contributed by atoms with van der Waals surface area (Å²) in [4.78, 5) is 12.3. The number of amides is 1. The van der Waals surface area contributed by atoms with Gasteiger partial charge >= 0.3 is 0 Å². The number of hydrogen-bond acceptors (Lipinski definition) is 2. The summed E-state index contributed by atoms with van der Waals surface area (Å²) in [5.41, 5.74) is 0.